The Labute approximate surface area is 193 Å². The van der Waals surface area contributed by atoms with Crippen LogP contribution in [0.15, 0.2) is 48.5 Å². The van der Waals surface area contributed by atoms with E-state index in [-0.39, 0.29) is 17.5 Å². The first-order valence-corrected chi connectivity index (χ1v) is 11.7. The van der Waals surface area contributed by atoms with Crippen LogP contribution in [0.5, 0.6) is 0 Å². The lowest BCUT2D eigenvalue weighted by Crippen LogP contribution is -2.58. The zero-order chi connectivity index (χ0) is 22.5. The number of hydrogen-bond acceptors (Lipinski definition) is 5. The molecular weight excluding hydrogens is 426 g/mol. The SMILES string of the molecule is COC(=O)C1(C(=O)OC)C[C@@H](c2ccccc2)N2c3cc(Cl)ccc3C3(CCCCC3)[C@@H]21. The average molecular weight is 454 g/mol. The molecular formula is C26H28ClNO4. The molecule has 168 valence electrons. The Morgan fingerprint density at radius 1 is 0.969 bits per heavy atom. The van der Waals surface area contributed by atoms with Crippen LogP contribution in [0, 0.1) is 5.41 Å². The van der Waals surface area contributed by atoms with E-state index in [4.69, 9.17) is 21.1 Å². The van der Waals surface area contributed by atoms with Gasteiger partial charge in [-0.15, -0.1) is 0 Å². The minimum absolute atomic E-state index is 0.169. The summed E-state index contributed by atoms with van der Waals surface area (Å²) in [7, 11) is 2.72. The number of rotatable bonds is 3. The number of fused-ring (bicyclic) bond motifs is 5. The number of halogens is 1. The van der Waals surface area contributed by atoms with Crippen LogP contribution in [-0.2, 0) is 24.5 Å². The molecule has 32 heavy (non-hydrogen) atoms. The molecule has 2 atom stereocenters. The topological polar surface area (TPSA) is 55.8 Å². The van der Waals surface area contributed by atoms with E-state index in [0.29, 0.717) is 11.4 Å². The smallest absolute Gasteiger partial charge is 0.325 e. The number of methoxy groups -OCH3 is 2. The van der Waals surface area contributed by atoms with Crippen molar-refractivity contribution < 1.29 is 19.1 Å². The molecule has 0 aromatic heterocycles. The van der Waals surface area contributed by atoms with Crippen molar-refractivity contribution in [1.82, 2.24) is 0 Å². The Hall–Kier alpha value is -2.53. The molecule has 1 saturated carbocycles. The lowest BCUT2D eigenvalue weighted by molar-refractivity contribution is -0.171. The van der Waals surface area contributed by atoms with E-state index in [2.05, 4.69) is 23.1 Å². The summed E-state index contributed by atoms with van der Waals surface area (Å²) in [5, 5.41) is 0.649. The van der Waals surface area contributed by atoms with Crippen LogP contribution >= 0.6 is 11.6 Å². The van der Waals surface area contributed by atoms with Gasteiger partial charge < -0.3 is 14.4 Å². The van der Waals surface area contributed by atoms with Gasteiger partial charge in [-0.3, -0.25) is 9.59 Å². The lowest BCUT2D eigenvalue weighted by atomic mass is 9.59. The molecule has 2 aromatic carbocycles. The Kier molecular flexibility index (Phi) is 5.20. The molecule has 1 spiro atoms. The normalized spacial score (nSPS) is 24.7. The van der Waals surface area contributed by atoms with Crippen molar-refractivity contribution in [2.45, 2.75) is 56.0 Å². The first-order chi connectivity index (χ1) is 15.5. The maximum absolute atomic E-state index is 13.5. The van der Waals surface area contributed by atoms with Crippen LogP contribution in [0.4, 0.5) is 5.69 Å². The van der Waals surface area contributed by atoms with Gasteiger partial charge in [-0.1, -0.05) is 67.3 Å². The lowest BCUT2D eigenvalue weighted by Gasteiger charge is -2.45. The fraction of sp³-hybridized carbons (Fsp3) is 0.462. The Morgan fingerprint density at radius 3 is 2.25 bits per heavy atom. The third-order valence-electron chi connectivity index (χ3n) is 7.92. The minimum atomic E-state index is -1.41. The second kappa shape index (κ2) is 7.80. The molecule has 3 aliphatic rings. The predicted octanol–water partition coefficient (Wildman–Crippen LogP) is 5.21. The first kappa shape index (κ1) is 21.3. The van der Waals surface area contributed by atoms with E-state index >= 15 is 0 Å². The summed E-state index contributed by atoms with van der Waals surface area (Å²) >= 11 is 6.48. The Morgan fingerprint density at radius 2 is 1.62 bits per heavy atom. The van der Waals surface area contributed by atoms with E-state index in [1.807, 2.05) is 30.3 Å². The number of ether oxygens (including phenoxy) is 2. The summed E-state index contributed by atoms with van der Waals surface area (Å²) in [5.41, 5.74) is 1.53. The molecule has 1 saturated heterocycles. The molecule has 6 heteroatoms. The molecule has 0 amide bonds. The van der Waals surface area contributed by atoms with Gasteiger partial charge in [0.1, 0.15) is 0 Å². The van der Waals surface area contributed by atoms with Crippen LogP contribution in [-0.4, -0.2) is 32.2 Å². The van der Waals surface area contributed by atoms with Crippen LogP contribution in [0.25, 0.3) is 0 Å². The number of benzene rings is 2. The molecule has 0 bridgehead atoms. The first-order valence-electron chi connectivity index (χ1n) is 11.3. The highest BCUT2D eigenvalue weighted by atomic mass is 35.5. The number of nitrogens with zero attached hydrogens (tertiary/aromatic N) is 1. The highest BCUT2D eigenvalue weighted by Crippen LogP contribution is 2.66. The second-order valence-electron chi connectivity index (χ2n) is 9.27. The third-order valence-corrected chi connectivity index (χ3v) is 8.16. The quantitative estimate of drug-likeness (QED) is 0.471. The monoisotopic (exact) mass is 453 g/mol. The zero-order valence-electron chi connectivity index (χ0n) is 18.5. The van der Waals surface area contributed by atoms with Gasteiger partial charge in [0.05, 0.1) is 26.3 Å². The van der Waals surface area contributed by atoms with Crippen molar-refractivity contribution in [2.24, 2.45) is 5.41 Å². The summed E-state index contributed by atoms with van der Waals surface area (Å²) in [6.07, 6.45) is 5.42. The van der Waals surface area contributed by atoms with Crippen molar-refractivity contribution in [3.8, 4) is 0 Å². The summed E-state index contributed by atoms with van der Waals surface area (Å²) in [4.78, 5) is 29.3. The standard InChI is InChI=1S/C26H28ClNO4/c1-31-23(29)26(24(30)32-2)16-21(17-9-5-3-6-10-17)28-20-15-18(27)11-12-19(20)25(22(26)28)13-7-4-8-14-25/h3,5-6,9-12,15,21-22H,4,7-8,13-14,16H2,1-2H3/t21-,22+/m0/s1. The average Bonchev–Trinajstić information content (AvgIpc) is 3.33. The fourth-order valence-corrected chi connectivity index (χ4v) is 6.95. The van der Waals surface area contributed by atoms with E-state index < -0.39 is 17.4 Å². The largest absolute Gasteiger partial charge is 0.468 e. The van der Waals surface area contributed by atoms with Crippen LogP contribution < -0.4 is 4.90 Å². The van der Waals surface area contributed by atoms with Gasteiger partial charge in [0.15, 0.2) is 5.41 Å². The second-order valence-corrected chi connectivity index (χ2v) is 9.71. The van der Waals surface area contributed by atoms with Crippen molar-refractivity contribution in [3.63, 3.8) is 0 Å². The molecule has 0 N–H and O–H groups in total. The molecule has 5 nitrogen and oxygen atoms in total. The molecule has 0 radical (unpaired) electrons. The molecule has 2 aromatic rings. The van der Waals surface area contributed by atoms with Crippen molar-refractivity contribution in [2.75, 3.05) is 19.1 Å². The maximum Gasteiger partial charge on any atom is 0.325 e. The molecule has 2 fully saturated rings. The van der Waals surface area contributed by atoms with Crippen molar-refractivity contribution >= 4 is 29.2 Å². The minimum Gasteiger partial charge on any atom is -0.468 e. The molecule has 5 rings (SSSR count). The Balaban J connectivity index is 1.81. The number of hydrogen-bond donors (Lipinski definition) is 0. The van der Waals surface area contributed by atoms with Gasteiger partial charge in [0.2, 0.25) is 0 Å². The van der Waals surface area contributed by atoms with Gasteiger partial charge >= 0.3 is 11.9 Å². The van der Waals surface area contributed by atoms with Gasteiger partial charge in [0.25, 0.3) is 0 Å². The van der Waals surface area contributed by atoms with Crippen molar-refractivity contribution in [3.05, 3.63) is 64.7 Å². The summed E-state index contributed by atoms with van der Waals surface area (Å²) in [5.74, 6) is -1.02. The molecule has 2 heterocycles. The van der Waals surface area contributed by atoms with E-state index in [1.165, 1.54) is 19.8 Å². The summed E-state index contributed by atoms with van der Waals surface area (Å²) in [6.45, 7) is 0. The number of carbonyl (C=O) groups excluding carboxylic acids is 2. The highest BCUT2D eigenvalue weighted by Gasteiger charge is 2.72. The number of carbonyl (C=O) groups is 2. The molecule has 1 aliphatic carbocycles. The predicted molar refractivity (Wildman–Crippen MR) is 123 cm³/mol. The number of esters is 2. The summed E-state index contributed by atoms with van der Waals surface area (Å²) < 4.78 is 10.6. The summed E-state index contributed by atoms with van der Waals surface area (Å²) in [6, 6.07) is 15.5. The molecule has 0 unspecified atom stereocenters. The third kappa shape index (κ3) is 2.76. The number of anilines is 1. The zero-order valence-corrected chi connectivity index (χ0v) is 19.2. The van der Waals surface area contributed by atoms with E-state index in [0.717, 1.165) is 43.4 Å². The van der Waals surface area contributed by atoms with E-state index in [9.17, 15) is 9.59 Å². The Bertz CT molecular complexity index is 1030. The fourth-order valence-electron chi connectivity index (χ4n) is 6.78. The molecule has 2 aliphatic heterocycles. The van der Waals surface area contributed by atoms with E-state index in [1.54, 1.807) is 0 Å². The van der Waals surface area contributed by atoms with Crippen molar-refractivity contribution in [1.29, 1.82) is 0 Å². The van der Waals surface area contributed by atoms with Gasteiger partial charge in [-0.05, 0) is 36.1 Å². The maximum atomic E-state index is 13.5. The van der Waals surface area contributed by atoms with Gasteiger partial charge in [-0.25, -0.2) is 0 Å². The van der Waals surface area contributed by atoms with Crippen LogP contribution in [0.3, 0.4) is 0 Å². The van der Waals surface area contributed by atoms with Gasteiger partial charge in [-0.2, -0.15) is 0 Å². The van der Waals surface area contributed by atoms with Crippen LogP contribution in [0.2, 0.25) is 5.02 Å². The highest BCUT2D eigenvalue weighted by molar-refractivity contribution is 6.31. The van der Waals surface area contributed by atoms with Gasteiger partial charge in [0, 0.05) is 22.5 Å². The van der Waals surface area contributed by atoms with Crippen LogP contribution in [0.1, 0.15) is 55.7 Å².